The van der Waals surface area contributed by atoms with Crippen LogP contribution in [0.25, 0.3) is 0 Å². The lowest BCUT2D eigenvalue weighted by atomic mass is 10.2. The predicted molar refractivity (Wildman–Crippen MR) is 33.8 cm³/mol. The zero-order chi connectivity index (χ0) is 5.54. The van der Waals surface area contributed by atoms with Crippen molar-refractivity contribution < 1.29 is 0 Å². The zero-order valence-electron chi connectivity index (χ0n) is 4.81. The molecule has 0 aromatic rings. The largest absolute Gasteiger partial charge is 0.235 e. The second-order valence-corrected chi connectivity index (χ2v) is 1.05. The van der Waals surface area contributed by atoms with E-state index in [1.165, 1.54) is 0 Å². The van der Waals surface area contributed by atoms with E-state index in [4.69, 9.17) is 0 Å². The Balaban J connectivity index is 3.21. The summed E-state index contributed by atoms with van der Waals surface area (Å²) in [4.78, 5) is 7.49. The van der Waals surface area contributed by atoms with Crippen molar-refractivity contribution in [2.45, 2.75) is 6.92 Å². The standard InChI is InChI=1S/C4H9BN2/c1-2-6-4-7-3-5/h2-3,5H2,1H3. The number of hydrogen-bond donors (Lipinski definition) is 0. The van der Waals surface area contributed by atoms with Gasteiger partial charge < -0.3 is 0 Å². The summed E-state index contributed by atoms with van der Waals surface area (Å²) < 4.78 is 0. The number of nitrogens with zero attached hydrogens (tertiary/aromatic N) is 2. The highest BCUT2D eigenvalue weighted by Gasteiger charge is 1.58. The highest BCUT2D eigenvalue weighted by Crippen LogP contribution is 1.58. The van der Waals surface area contributed by atoms with Gasteiger partial charge in [-0.3, -0.25) is 0 Å². The topological polar surface area (TPSA) is 24.7 Å². The molecule has 0 saturated heterocycles. The highest BCUT2D eigenvalue weighted by atomic mass is 14.8. The van der Waals surface area contributed by atoms with E-state index in [1.807, 2.05) is 14.8 Å². The minimum Gasteiger partial charge on any atom is -0.235 e. The second-order valence-electron chi connectivity index (χ2n) is 1.05. The Labute approximate surface area is 44.8 Å². The van der Waals surface area contributed by atoms with Gasteiger partial charge in [0.05, 0.1) is 6.01 Å². The summed E-state index contributed by atoms with van der Waals surface area (Å²) in [5.41, 5.74) is 0. The van der Waals surface area contributed by atoms with Gasteiger partial charge in [-0.15, -0.1) is 0 Å². The van der Waals surface area contributed by atoms with Crippen LogP contribution in [0.15, 0.2) is 9.98 Å². The number of rotatable bonds is 2. The molecule has 0 N–H and O–H groups in total. The van der Waals surface area contributed by atoms with Crippen molar-refractivity contribution in [3.8, 4) is 0 Å². The molecule has 0 aliphatic heterocycles. The van der Waals surface area contributed by atoms with Crippen molar-refractivity contribution in [1.82, 2.24) is 0 Å². The molecule has 3 heteroatoms. The molecule has 38 valence electrons. The van der Waals surface area contributed by atoms with E-state index in [2.05, 4.69) is 16.0 Å². The maximum atomic E-state index is 3.74. The van der Waals surface area contributed by atoms with E-state index in [0.717, 1.165) is 13.0 Å². The minimum atomic E-state index is 0.781. The smallest absolute Gasteiger partial charge is 0.130 e. The van der Waals surface area contributed by atoms with Gasteiger partial charge in [-0.1, -0.05) is 0 Å². The average molecular weight is 95.9 g/mol. The van der Waals surface area contributed by atoms with E-state index < -0.39 is 0 Å². The molecule has 0 aromatic carbocycles. The molecule has 0 rings (SSSR count). The van der Waals surface area contributed by atoms with Crippen molar-refractivity contribution in [2.75, 3.05) is 13.0 Å². The van der Waals surface area contributed by atoms with Crippen LogP contribution in [0.2, 0.25) is 0 Å². The van der Waals surface area contributed by atoms with Gasteiger partial charge >= 0.3 is 0 Å². The molecule has 0 radical (unpaired) electrons. The average Bonchev–Trinajstić information content (AvgIpc) is 1.69. The van der Waals surface area contributed by atoms with Gasteiger partial charge in [0.15, 0.2) is 0 Å². The third-order valence-electron chi connectivity index (χ3n) is 0.458. The molecule has 0 atom stereocenters. The first kappa shape index (κ1) is 6.44. The lowest BCUT2D eigenvalue weighted by Crippen LogP contribution is -1.71. The van der Waals surface area contributed by atoms with Crippen LogP contribution < -0.4 is 0 Å². The van der Waals surface area contributed by atoms with Gasteiger partial charge in [0.2, 0.25) is 0 Å². The second kappa shape index (κ2) is 5.44. The SMILES string of the molecule is BCN=C=NCC. The maximum Gasteiger partial charge on any atom is 0.130 e. The van der Waals surface area contributed by atoms with Crippen molar-refractivity contribution in [1.29, 1.82) is 0 Å². The summed E-state index contributed by atoms with van der Waals surface area (Å²) in [6.45, 7) is 2.74. The van der Waals surface area contributed by atoms with Crippen molar-refractivity contribution in [3.63, 3.8) is 0 Å². The van der Waals surface area contributed by atoms with Crippen LogP contribution in [-0.4, -0.2) is 26.8 Å². The molecule has 0 spiro atoms. The van der Waals surface area contributed by atoms with Crippen LogP contribution in [-0.2, 0) is 0 Å². The number of hydrogen-bond acceptors (Lipinski definition) is 2. The molecule has 0 aliphatic carbocycles. The third-order valence-corrected chi connectivity index (χ3v) is 0.458. The lowest BCUT2D eigenvalue weighted by Gasteiger charge is -1.68. The summed E-state index contributed by atoms with van der Waals surface area (Å²) >= 11 is 0. The first-order valence-corrected chi connectivity index (χ1v) is 2.49. The maximum absolute atomic E-state index is 3.74. The summed E-state index contributed by atoms with van der Waals surface area (Å²) in [5.74, 6) is 0. The molecule has 0 aliphatic rings. The molecular formula is C4H9BN2. The van der Waals surface area contributed by atoms with E-state index >= 15 is 0 Å². The van der Waals surface area contributed by atoms with Gasteiger partial charge in [-0.2, -0.15) is 0 Å². The Kier molecular flexibility index (Phi) is 5.01. The Morgan fingerprint density at radius 3 is 2.71 bits per heavy atom. The Morgan fingerprint density at radius 2 is 2.29 bits per heavy atom. The van der Waals surface area contributed by atoms with Crippen LogP contribution in [0.5, 0.6) is 0 Å². The summed E-state index contributed by atoms with van der Waals surface area (Å²) in [5, 5.41) is 0. The molecule has 0 amide bonds. The van der Waals surface area contributed by atoms with Crippen LogP contribution in [0.4, 0.5) is 0 Å². The number of aliphatic imine (C=N–C) groups is 2. The fourth-order valence-electron chi connectivity index (χ4n) is 0.191. The van der Waals surface area contributed by atoms with Crippen LogP contribution in [0, 0.1) is 0 Å². The van der Waals surface area contributed by atoms with E-state index in [0.29, 0.717) is 0 Å². The first-order valence-electron chi connectivity index (χ1n) is 2.49. The van der Waals surface area contributed by atoms with Crippen molar-refractivity contribution in [2.24, 2.45) is 9.98 Å². The zero-order valence-corrected chi connectivity index (χ0v) is 4.81. The molecule has 0 fully saturated rings. The lowest BCUT2D eigenvalue weighted by molar-refractivity contribution is 1.14. The van der Waals surface area contributed by atoms with Gasteiger partial charge in [-0.05, 0) is 6.92 Å². The predicted octanol–water partition coefficient (Wildman–Crippen LogP) is -0.229. The minimum absolute atomic E-state index is 0.781. The van der Waals surface area contributed by atoms with Crippen molar-refractivity contribution in [3.05, 3.63) is 0 Å². The monoisotopic (exact) mass is 96.1 g/mol. The molecule has 0 unspecified atom stereocenters. The fraction of sp³-hybridized carbons (Fsp3) is 0.750. The first-order chi connectivity index (χ1) is 3.41. The van der Waals surface area contributed by atoms with E-state index in [1.54, 1.807) is 0 Å². The van der Waals surface area contributed by atoms with Gasteiger partial charge in [-0.25, -0.2) is 9.98 Å². The van der Waals surface area contributed by atoms with E-state index in [9.17, 15) is 0 Å². The normalized spacial score (nSPS) is 7.00. The molecule has 0 saturated carbocycles. The molecule has 0 aromatic heterocycles. The molecule has 0 bridgehead atoms. The Morgan fingerprint density at radius 1 is 1.57 bits per heavy atom. The van der Waals surface area contributed by atoms with Crippen molar-refractivity contribution >= 4 is 13.9 Å². The fourth-order valence-corrected chi connectivity index (χ4v) is 0.191. The summed E-state index contributed by atoms with van der Waals surface area (Å²) in [7, 11) is 1.96. The Bertz CT molecular complexity index is 75.7. The molecule has 0 heterocycles. The quantitative estimate of drug-likeness (QED) is 0.335. The Hall–Kier alpha value is -0.555. The van der Waals surface area contributed by atoms with Crippen LogP contribution in [0.1, 0.15) is 6.92 Å². The third kappa shape index (κ3) is 5.44. The highest BCUT2D eigenvalue weighted by molar-refractivity contribution is 6.09. The summed E-state index contributed by atoms with van der Waals surface area (Å²) in [6, 6.07) is 2.53. The molecule has 7 heavy (non-hydrogen) atoms. The molecule has 2 nitrogen and oxygen atoms in total. The van der Waals surface area contributed by atoms with Gasteiger partial charge in [0, 0.05) is 13.0 Å². The van der Waals surface area contributed by atoms with E-state index in [-0.39, 0.29) is 0 Å². The summed E-state index contributed by atoms with van der Waals surface area (Å²) in [6.07, 6.45) is 0.781. The molecular weight excluding hydrogens is 86.9 g/mol. The van der Waals surface area contributed by atoms with Gasteiger partial charge in [0.25, 0.3) is 0 Å². The van der Waals surface area contributed by atoms with Gasteiger partial charge in [0.1, 0.15) is 7.85 Å². The van der Waals surface area contributed by atoms with Crippen LogP contribution >= 0.6 is 0 Å². The van der Waals surface area contributed by atoms with Crippen LogP contribution in [0.3, 0.4) is 0 Å².